The minimum Gasteiger partial charge on any atom is -0.380 e. The second-order valence-corrected chi connectivity index (χ2v) is 5.70. The summed E-state index contributed by atoms with van der Waals surface area (Å²) in [5.74, 6) is 1.33. The van der Waals surface area contributed by atoms with E-state index in [1.807, 2.05) is 25.1 Å². The first-order valence-electron chi connectivity index (χ1n) is 8.58. The number of hydrogen-bond acceptors (Lipinski definition) is 3. The maximum atomic E-state index is 5.35. The van der Waals surface area contributed by atoms with Crippen LogP contribution in [0.3, 0.4) is 0 Å². The molecule has 24 heavy (non-hydrogen) atoms. The second kappa shape index (κ2) is 14.3. The molecule has 0 aliphatic heterocycles. The van der Waals surface area contributed by atoms with Crippen molar-refractivity contribution in [3.8, 4) is 0 Å². The predicted octanol–water partition coefficient (Wildman–Crippen LogP) is 3.33. The number of benzene rings is 1. The molecule has 0 amide bonds. The highest BCUT2D eigenvalue weighted by atomic mass is 127. The van der Waals surface area contributed by atoms with Gasteiger partial charge in [-0.2, -0.15) is 0 Å². The average molecular weight is 448 g/mol. The molecule has 0 heterocycles. The normalized spacial score (nSPS) is 12.5. The summed E-state index contributed by atoms with van der Waals surface area (Å²) in [6, 6.07) is 10.6. The summed E-state index contributed by atoms with van der Waals surface area (Å²) in [4.78, 5) is 4.71. The van der Waals surface area contributed by atoms with Gasteiger partial charge in [0.25, 0.3) is 0 Å². The molecule has 6 heteroatoms. The first-order chi connectivity index (χ1) is 11.2. The van der Waals surface area contributed by atoms with Crippen molar-refractivity contribution in [3.63, 3.8) is 0 Å². The van der Waals surface area contributed by atoms with Crippen LogP contribution in [0.25, 0.3) is 0 Å². The van der Waals surface area contributed by atoms with Gasteiger partial charge in [0.1, 0.15) is 0 Å². The zero-order chi connectivity index (χ0) is 16.9. The maximum Gasteiger partial charge on any atom is 0.191 e. The van der Waals surface area contributed by atoms with Crippen molar-refractivity contribution in [1.29, 1.82) is 0 Å². The summed E-state index contributed by atoms with van der Waals surface area (Å²) in [5.41, 5.74) is 1.13. The van der Waals surface area contributed by atoms with Gasteiger partial charge in [-0.25, -0.2) is 0 Å². The van der Waals surface area contributed by atoms with Gasteiger partial charge in [-0.3, -0.25) is 4.99 Å². The van der Waals surface area contributed by atoms with E-state index in [0.717, 1.165) is 37.9 Å². The fourth-order valence-corrected chi connectivity index (χ4v) is 2.09. The van der Waals surface area contributed by atoms with Crippen LogP contribution in [0.1, 0.15) is 27.7 Å². The molecule has 1 rings (SSSR count). The molecule has 1 aromatic rings. The van der Waals surface area contributed by atoms with Crippen molar-refractivity contribution in [3.05, 3.63) is 30.3 Å². The minimum atomic E-state index is 0. The molecule has 3 N–H and O–H groups in total. The number of nitrogens with one attached hydrogen (secondary N) is 3. The van der Waals surface area contributed by atoms with Gasteiger partial charge >= 0.3 is 0 Å². The maximum absolute atomic E-state index is 5.35. The Labute approximate surface area is 164 Å². The topological polar surface area (TPSA) is 57.7 Å². The highest BCUT2D eigenvalue weighted by molar-refractivity contribution is 14.0. The van der Waals surface area contributed by atoms with Crippen molar-refractivity contribution in [2.75, 3.05) is 38.2 Å². The Hall–Kier alpha value is -1.02. The van der Waals surface area contributed by atoms with Gasteiger partial charge in [-0.1, -0.05) is 32.0 Å². The first kappa shape index (κ1) is 23.0. The van der Waals surface area contributed by atoms with Gasteiger partial charge in [0.05, 0.1) is 13.2 Å². The molecule has 0 aliphatic rings. The number of rotatable bonds is 10. The number of hydrogen-bond donors (Lipinski definition) is 3. The lowest BCUT2D eigenvalue weighted by molar-refractivity contribution is 0.152. The third-order valence-corrected chi connectivity index (χ3v) is 3.46. The number of aliphatic imine (C=N–C) groups is 1. The van der Waals surface area contributed by atoms with E-state index in [1.165, 1.54) is 0 Å². The van der Waals surface area contributed by atoms with Crippen LogP contribution < -0.4 is 16.0 Å². The van der Waals surface area contributed by atoms with Crippen LogP contribution in [-0.2, 0) is 4.74 Å². The Kier molecular flexibility index (Phi) is 13.7. The Morgan fingerprint density at radius 1 is 1.12 bits per heavy atom. The van der Waals surface area contributed by atoms with E-state index in [4.69, 9.17) is 9.73 Å². The van der Waals surface area contributed by atoms with Crippen LogP contribution in [0.15, 0.2) is 35.3 Å². The van der Waals surface area contributed by atoms with Gasteiger partial charge in [0, 0.05) is 31.4 Å². The molecule has 0 saturated carbocycles. The van der Waals surface area contributed by atoms with Crippen molar-refractivity contribution in [2.45, 2.75) is 33.7 Å². The Bertz CT molecular complexity index is 440. The third kappa shape index (κ3) is 9.97. The molecule has 138 valence electrons. The average Bonchev–Trinajstić information content (AvgIpc) is 2.55. The number of ether oxygens (including phenoxy) is 1. The molecular weight excluding hydrogens is 415 g/mol. The highest BCUT2D eigenvalue weighted by Crippen LogP contribution is 2.12. The largest absolute Gasteiger partial charge is 0.380 e. The quantitative estimate of drug-likeness (QED) is 0.223. The molecule has 0 aliphatic carbocycles. The van der Waals surface area contributed by atoms with E-state index in [0.29, 0.717) is 18.6 Å². The van der Waals surface area contributed by atoms with E-state index in [-0.39, 0.29) is 24.0 Å². The zero-order valence-electron chi connectivity index (χ0n) is 15.3. The standard InChI is InChI=1S/C18H32N4O.HI/c1-5-19-18(20-12-13-23-6-2)21-14-17(15(3)4)22-16-10-8-7-9-11-16;/h7-11,15,17,22H,5-6,12-14H2,1-4H3,(H2,19,20,21);1H. The van der Waals surface area contributed by atoms with E-state index in [1.54, 1.807) is 0 Å². The van der Waals surface area contributed by atoms with Crippen LogP contribution in [-0.4, -0.2) is 44.8 Å². The first-order valence-corrected chi connectivity index (χ1v) is 8.58. The monoisotopic (exact) mass is 448 g/mol. The third-order valence-electron chi connectivity index (χ3n) is 3.46. The number of para-hydroxylation sites is 1. The van der Waals surface area contributed by atoms with Crippen molar-refractivity contribution in [1.82, 2.24) is 10.6 Å². The second-order valence-electron chi connectivity index (χ2n) is 5.70. The summed E-state index contributed by atoms with van der Waals surface area (Å²) in [6.07, 6.45) is 0. The molecule has 0 saturated heterocycles. The molecule has 1 aromatic carbocycles. The van der Waals surface area contributed by atoms with Crippen molar-refractivity contribution in [2.24, 2.45) is 10.9 Å². The summed E-state index contributed by atoms with van der Waals surface area (Å²) < 4.78 is 5.35. The highest BCUT2D eigenvalue weighted by Gasteiger charge is 2.13. The van der Waals surface area contributed by atoms with Crippen LogP contribution in [0.2, 0.25) is 0 Å². The molecule has 0 fully saturated rings. The van der Waals surface area contributed by atoms with Gasteiger partial charge in [0.15, 0.2) is 5.96 Å². The molecular formula is C18H33IN4O. The summed E-state index contributed by atoms with van der Waals surface area (Å²) in [7, 11) is 0. The fraction of sp³-hybridized carbons (Fsp3) is 0.611. The van der Waals surface area contributed by atoms with Crippen LogP contribution in [0.4, 0.5) is 5.69 Å². The SMILES string of the molecule is CCNC(=NCC(Nc1ccccc1)C(C)C)NCCOCC.I. The van der Waals surface area contributed by atoms with Gasteiger partial charge in [-0.05, 0) is 31.9 Å². The van der Waals surface area contributed by atoms with Gasteiger partial charge in [-0.15, -0.1) is 24.0 Å². The van der Waals surface area contributed by atoms with E-state index >= 15 is 0 Å². The van der Waals surface area contributed by atoms with E-state index in [9.17, 15) is 0 Å². The van der Waals surface area contributed by atoms with Gasteiger partial charge in [0.2, 0.25) is 0 Å². The summed E-state index contributed by atoms with van der Waals surface area (Å²) >= 11 is 0. The summed E-state index contributed by atoms with van der Waals surface area (Å²) in [6.45, 7) is 12.3. The van der Waals surface area contributed by atoms with E-state index < -0.39 is 0 Å². The number of halogens is 1. The fourth-order valence-electron chi connectivity index (χ4n) is 2.09. The number of nitrogens with zero attached hydrogens (tertiary/aromatic N) is 1. The lowest BCUT2D eigenvalue weighted by Gasteiger charge is -2.22. The Morgan fingerprint density at radius 3 is 2.42 bits per heavy atom. The predicted molar refractivity (Wildman–Crippen MR) is 115 cm³/mol. The minimum absolute atomic E-state index is 0. The Balaban J connectivity index is 0.00000529. The van der Waals surface area contributed by atoms with Crippen molar-refractivity contribution < 1.29 is 4.74 Å². The van der Waals surface area contributed by atoms with E-state index in [2.05, 4.69) is 48.9 Å². The van der Waals surface area contributed by atoms with Crippen molar-refractivity contribution >= 4 is 35.6 Å². The van der Waals surface area contributed by atoms with Crippen LogP contribution in [0.5, 0.6) is 0 Å². The molecule has 0 radical (unpaired) electrons. The lowest BCUT2D eigenvalue weighted by atomic mass is 10.0. The zero-order valence-corrected chi connectivity index (χ0v) is 17.7. The number of guanidine groups is 1. The molecule has 5 nitrogen and oxygen atoms in total. The Morgan fingerprint density at radius 2 is 1.83 bits per heavy atom. The molecule has 0 bridgehead atoms. The molecule has 1 unspecified atom stereocenters. The smallest absolute Gasteiger partial charge is 0.191 e. The lowest BCUT2D eigenvalue weighted by Crippen LogP contribution is -2.40. The van der Waals surface area contributed by atoms with Crippen LogP contribution >= 0.6 is 24.0 Å². The van der Waals surface area contributed by atoms with Gasteiger partial charge < -0.3 is 20.7 Å². The molecule has 1 atom stereocenters. The molecule has 0 aromatic heterocycles. The number of anilines is 1. The van der Waals surface area contributed by atoms with Crippen LogP contribution in [0, 0.1) is 5.92 Å². The summed E-state index contributed by atoms with van der Waals surface area (Å²) in [5, 5.41) is 10.1. The molecule has 0 spiro atoms.